The van der Waals surface area contributed by atoms with Crippen LogP contribution in [-0.2, 0) is 24.3 Å². The molecule has 0 atom stereocenters. The van der Waals surface area contributed by atoms with Gasteiger partial charge in [0.2, 0.25) is 5.91 Å². The number of nitrogens with zero attached hydrogens (tertiary/aromatic N) is 4. The van der Waals surface area contributed by atoms with Crippen molar-refractivity contribution in [2.45, 2.75) is 32.9 Å². The van der Waals surface area contributed by atoms with Crippen LogP contribution >= 0.6 is 0 Å². The molecule has 24 heavy (non-hydrogen) atoms. The second-order valence-corrected chi connectivity index (χ2v) is 6.26. The summed E-state index contributed by atoms with van der Waals surface area (Å²) in [6.07, 6.45) is 2.92. The Morgan fingerprint density at radius 2 is 2.08 bits per heavy atom. The summed E-state index contributed by atoms with van der Waals surface area (Å²) in [7, 11) is 0. The lowest BCUT2D eigenvalue weighted by atomic mass is 10.2. The lowest BCUT2D eigenvalue weighted by molar-refractivity contribution is -0.132. The van der Waals surface area contributed by atoms with Gasteiger partial charge in [-0.15, -0.1) is 0 Å². The maximum Gasteiger partial charge on any atom is 0.223 e. The Bertz CT molecular complexity index is 899. The second-order valence-electron chi connectivity index (χ2n) is 6.26. The molecule has 0 aliphatic carbocycles. The topological polar surface area (TPSA) is 51.0 Å². The van der Waals surface area contributed by atoms with E-state index >= 15 is 0 Å². The summed E-state index contributed by atoms with van der Waals surface area (Å²) in [5.74, 6) is 0.949. The number of carbonyl (C=O) groups is 1. The number of aryl methyl sites for hydroxylation is 2. The Morgan fingerprint density at radius 3 is 2.96 bits per heavy atom. The molecule has 0 spiro atoms. The number of rotatable bonds is 3. The molecule has 0 N–H and O–H groups in total. The average molecular weight is 320 g/mol. The van der Waals surface area contributed by atoms with Gasteiger partial charge in [0.15, 0.2) is 0 Å². The molecule has 3 heterocycles. The normalized spacial score (nSPS) is 14.0. The summed E-state index contributed by atoms with van der Waals surface area (Å²) in [4.78, 5) is 23.0. The van der Waals surface area contributed by atoms with Gasteiger partial charge in [0.05, 0.1) is 6.54 Å². The molecule has 0 fully saturated rings. The van der Waals surface area contributed by atoms with Gasteiger partial charge in [0.25, 0.3) is 0 Å². The van der Waals surface area contributed by atoms with Gasteiger partial charge < -0.3 is 9.47 Å². The van der Waals surface area contributed by atoms with Crippen LogP contribution in [0, 0.1) is 6.92 Å². The standard InChI is InChI=1S/C19H20N4O/c1-14-20-9-8-16(21-14)6-7-19(24)22-10-11-23-17(13-22)12-15-4-2-3-5-18(15)23/h2-5,8-9,12H,6-7,10-11,13H2,1H3. The molecule has 2 aromatic heterocycles. The summed E-state index contributed by atoms with van der Waals surface area (Å²) in [6, 6.07) is 12.5. The van der Waals surface area contributed by atoms with E-state index in [4.69, 9.17) is 0 Å². The van der Waals surface area contributed by atoms with Crippen LogP contribution in [0.5, 0.6) is 0 Å². The first-order valence-electron chi connectivity index (χ1n) is 8.34. The number of fused-ring (bicyclic) bond motifs is 3. The number of aromatic nitrogens is 3. The number of hydrogen-bond donors (Lipinski definition) is 0. The number of hydrogen-bond acceptors (Lipinski definition) is 3. The third kappa shape index (κ3) is 2.77. The molecule has 0 bridgehead atoms. The van der Waals surface area contributed by atoms with Gasteiger partial charge >= 0.3 is 0 Å². The maximum absolute atomic E-state index is 12.6. The van der Waals surface area contributed by atoms with E-state index in [2.05, 4.69) is 44.9 Å². The highest BCUT2D eigenvalue weighted by molar-refractivity contribution is 5.82. The van der Waals surface area contributed by atoms with Crippen molar-refractivity contribution in [2.75, 3.05) is 6.54 Å². The van der Waals surface area contributed by atoms with Gasteiger partial charge in [-0.1, -0.05) is 18.2 Å². The minimum absolute atomic E-state index is 0.197. The van der Waals surface area contributed by atoms with Gasteiger partial charge in [-0.05, 0) is 36.9 Å². The molecule has 0 radical (unpaired) electrons. The fourth-order valence-electron chi connectivity index (χ4n) is 3.41. The highest BCUT2D eigenvalue weighted by Crippen LogP contribution is 2.24. The minimum Gasteiger partial charge on any atom is -0.341 e. The smallest absolute Gasteiger partial charge is 0.223 e. The Kier molecular flexibility index (Phi) is 3.76. The SMILES string of the molecule is Cc1nccc(CCC(=O)N2CCn3c(cc4ccccc43)C2)n1. The van der Waals surface area contributed by atoms with Gasteiger partial charge in [0.1, 0.15) is 5.82 Å². The summed E-state index contributed by atoms with van der Waals surface area (Å²) < 4.78 is 2.33. The Morgan fingerprint density at radius 1 is 1.21 bits per heavy atom. The number of para-hydroxylation sites is 1. The van der Waals surface area contributed by atoms with Crippen molar-refractivity contribution < 1.29 is 4.79 Å². The van der Waals surface area contributed by atoms with Crippen LogP contribution in [-0.4, -0.2) is 31.9 Å². The van der Waals surface area contributed by atoms with Crippen LogP contribution in [0.3, 0.4) is 0 Å². The zero-order valence-corrected chi connectivity index (χ0v) is 13.8. The second kappa shape index (κ2) is 6.07. The molecular formula is C19H20N4O. The van der Waals surface area contributed by atoms with E-state index in [0.717, 1.165) is 24.6 Å². The first kappa shape index (κ1) is 14.9. The van der Waals surface area contributed by atoms with Gasteiger partial charge in [-0.3, -0.25) is 4.79 Å². The molecular weight excluding hydrogens is 300 g/mol. The van der Waals surface area contributed by atoms with E-state index in [1.165, 1.54) is 16.6 Å². The van der Waals surface area contributed by atoms with Crippen LogP contribution in [0.15, 0.2) is 42.6 Å². The number of benzene rings is 1. The predicted molar refractivity (Wildman–Crippen MR) is 92.4 cm³/mol. The van der Waals surface area contributed by atoms with E-state index in [0.29, 0.717) is 19.4 Å². The predicted octanol–water partition coefficient (Wildman–Crippen LogP) is 2.71. The fourth-order valence-corrected chi connectivity index (χ4v) is 3.41. The van der Waals surface area contributed by atoms with Crippen molar-refractivity contribution in [3.8, 4) is 0 Å². The molecule has 3 aromatic rings. The third-order valence-corrected chi connectivity index (χ3v) is 4.62. The molecule has 1 aliphatic rings. The summed E-state index contributed by atoms with van der Waals surface area (Å²) in [5.41, 5.74) is 3.41. The first-order chi connectivity index (χ1) is 11.7. The first-order valence-corrected chi connectivity index (χ1v) is 8.34. The molecule has 5 nitrogen and oxygen atoms in total. The molecule has 0 saturated heterocycles. The van der Waals surface area contributed by atoms with Crippen molar-refractivity contribution in [2.24, 2.45) is 0 Å². The monoisotopic (exact) mass is 320 g/mol. The van der Waals surface area contributed by atoms with Gasteiger partial charge in [-0.25, -0.2) is 9.97 Å². The zero-order chi connectivity index (χ0) is 16.5. The molecule has 1 aromatic carbocycles. The van der Waals surface area contributed by atoms with Crippen LogP contribution in [0.1, 0.15) is 23.6 Å². The van der Waals surface area contributed by atoms with Crippen molar-refractivity contribution in [3.05, 3.63) is 59.8 Å². The van der Waals surface area contributed by atoms with Crippen molar-refractivity contribution in [1.29, 1.82) is 0 Å². The Balaban J connectivity index is 1.45. The largest absolute Gasteiger partial charge is 0.341 e. The van der Waals surface area contributed by atoms with Crippen molar-refractivity contribution in [3.63, 3.8) is 0 Å². The third-order valence-electron chi connectivity index (χ3n) is 4.62. The molecule has 0 unspecified atom stereocenters. The molecule has 122 valence electrons. The summed E-state index contributed by atoms with van der Waals surface area (Å²) in [6.45, 7) is 4.19. The quantitative estimate of drug-likeness (QED) is 0.745. The van der Waals surface area contributed by atoms with E-state index in [9.17, 15) is 4.79 Å². The van der Waals surface area contributed by atoms with Gasteiger partial charge in [0, 0.05) is 42.6 Å². The number of carbonyl (C=O) groups excluding carboxylic acids is 1. The van der Waals surface area contributed by atoms with E-state index in [1.54, 1.807) is 6.20 Å². The lowest BCUT2D eigenvalue weighted by Gasteiger charge is -2.29. The van der Waals surface area contributed by atoms with Crippen molar-refractivity contribution >= 4 is 16.8 Å². The van der Waals surface area contributed by atoms with Crippen LogP contribution in [0.4, 0.5) is 0 Å². The molecule has 4 rings (SSSR count). The van der Waals surface area contributed by atoms with Crippen LogP contribution in [0.25, 0.3) is 10.9 Å². The maximum atomic E-state index is 12.6. The lowest BCUT2D eigenvalue weighted by Crippen LogP contribution is -2.38. The highest BCUT2D eigenvalue weighted by Gasteiger charge is 2.22. The van der Waals surface area contributed by atoms with E-state index in [1.807, 2.05) is 17.9 Å². The molecule has 1 aliphatic heterocycles. The summed E-state index contributed by atoms with van der Waals surface area (Å²) in [5, 5.41) is 1.25. The molecule has 5 heteroatoms. The number of amides is 1. The minimum atomic E-state index is 0.197. The van der Waals surface area contributed by atoms with Crippen molar-refractivity contribution in [1.82, 2.24) is 19.4 Å². The molecule has 1 amide bonds. The summed E-state index contributed by atoms with van der Waals surface area (Å²) >= 11 is 0. The fraction of sp³-hybridized carbons (Fsp3) is 0.316. The van der Waals surface area contributed by atoms with E-state index < -0.39 is 0 Å². The molecule has 0 saturated carbocycles. The Hall–Kier alpha value is -2.69. The highest BCUT2D eigenvalue weighted by atomic mass is 16.2. The van der Waals surface area contributed by atoms with Crippen LogP contribution in [0.2, 0.25) is 0 Å². The van der Waals surface area contributed by atoms with Crippen LogP contribution < -0.4 is 0 Å². The zero-order valence-electron chi connectivity index (χ0n) is 13.8. The van der Waals surface area contributed by atoms with E-state index in [-0.39, 0.29) is 5.91 Å². The van der Waals surface area contributed by atoms with Gasteiger partial charge in [-0.2, -0.15) is 0 Å². The Labute approximate surface area is 140 Å². The average Bonchev–Trinajstić information content (AvgIpc) is 2.97.